The molecule has 0 bridgehead atoms. The van der Waals surface area contributed by atoms with E-state index >= 15 is 0 Å². The minimum Gasteiger partial charge on any atom is -0.491 e. The number of aromatic nitrogens is 2. The SMILES string of the molecule is COc1c(F)cc2c(Cl)nc(Cl)nc2c1F. The van der Waals surface area contributed by atoms with Gasteiger partial charge in [0.05, 0.1) is 7.11 Å². The highest BCUT2D eigenvalue weighted by Crippen LogP contribution is 2.31. The maximum absolute atomic E-state index is 13.7. The third kappa shape index (κ3) is 1.66. The molecule has 2 rings (SSSR count). The Bertz CT molecular complexity index is 577. The van der Waals surface area contributed by atoms with Crippen LogP contribution < -0.4 is 4.74 Å². The van der Waals surface area contributed by atoms with E-state index in [1.807, 2.05) is 0 Å². The van der Waals surface area contributed by atoms with Crippen LogP contribution in [0.5, 0.6) is 5.75 Å². The monoisotopic (exact) mass is 264 g/mol. The van der Waals surface area contributed by atoms with Crippen molar-refractivity contribution in [1.29, 1.82) is 0 Å². The fourth-order valence-corrected chi connectivity index (χ4v) is 1.74. The molecule has 0 N–H and O–H groups in total. The molecule has 0 atom stereocenters. The number of methoxy groups -OCH3 is 1. The third-order valence-electron chi connectivity index (χ3n) is 1.97. The van der Waals surface area contributed by atoms with E-state index in [2.05, 4.69) is 14.7 Å². The summed E-state index contributed by atoms with van der Waals surface area (Å²) in [5.74, 6) is -2.36. The van der Waals surface area contributed by atoms with E-state index in [0.29, 0.717) is 0 Å². The topological polar surface area (TPSA) is 35.0 Å². The van der Waals surface area contributed by atoms with E-state index < -0.39 is 17.4 Å². The molecule has 0 saturated carbocycles. The molecule has 0 spiro atoms. The van der Waals surface area contributed by atoms with Gasteiger partial charge in [-0.05, 0) is 17.7 Å². The average Bonchev–Trinajstić information content (AvgIpc) is 2.21. The first-order valence-corrected chi connectivity index (χ1v) is 4.85. The van der Waals surface area contributed by atoms with Crippen LogP contribution in [0.3, 0.4) is 0 Å². The Hall–Kier alpha value is -1.20. The summed E-state index contributed by atoms with van der Waals surface area (Å²) in [7, 11) is 1.15. The van der Waals surface area contributed by atoms with Crippen LogP contribution in [-0.4, -0.2) is 17.1 Å². The normalized spacial score (nSPS) is 10.8. The number of benzene rings is 1. The summed E-state index contributed by atoms with van der Waals surface area (Å²) in [6.45, 7) is 0. The number of hydrogen-bond acceptors (Lipinski definition) is 3. The van der Waals surface area contributed by atoms with E-state index in [1.54, 1.807) is 0 Å². The molecule has 84 valence electrons. The molecule has 0 aliphatic carbocycles. The maximum atomic E-state index is 13.7. The maximum Gasteiger partial charge on any atom is 0.224 e. The fourth-order valence-electron chi connectivity index (χ4n) is 1.30. The lowest BCUT2D eigenvalue weighted by atomic mass is 10.2. The van der Waals surface area contributed by atoms with Gasteiger partial charge in [0.1, 0.15) is 10.7 Å². The summed E-state index contributed by atoms with van der Waals surface area (Å²) >= 11 is 11.2. The summed E-state index contributed by atoms with van der Waals surface area (Å²) in [4.78, 5) is 7.22. The molecule has 0 amide bonds. The van der Waals surface area contributed by atoms with Crippen LogP contribution in [0.1, 0.15) is 0 Å². The first kappa shape index (κ1) is 11.3. The van der Waals surface area contributed by atoms with Crippen LogP contribution in [0.15, 0.2) is 6.07 Å². The molecule has 2 aromatic rings. The van der Waals surface area contributed by atoms with Gasteiger partial charge in [0.25, 0.3) is 0 Å². The van der Waals surface area contributed by atoms with E-state index in [4.69, 9.17) is 23.2 Å². The minimum atomic E-state index is -0.955. The highest BCUT2D eigenvalue weighted by Gasteiger charge is 2.18. The van der Waals surface area contributed by atoms with Crippen LogP contribution in [0.25, 0.3) is 10.9 Å². The van der Waals surface area contributed by atoms with Crippen molar-refractivity contribution in [2.24, 2.45) is 0 Å². The van der Waals surface area contributed by atoms with Gasteiger partial charge < -0.3 is 4.74 Å². The molecule has 1 heterocycles. The summed E-state index contributed by atoms with van der Waals surface area (Å²) < 4.78 is 31.6. The van der Waals surface area contributed by atoms with Gasteiger partial charge >= 0.3 is 0 Å². The standard InChI is InChI=1S/C9H4Cl2F2N2O/c1-16-7-4(12)2-3-6(5(7)13)14-9(11)15-8(3)10/h2H,1H3. The van der Waals surface area contributed by atoms with Crippen molar-refractivity contribution in [1.82, 2.24) is 9.97 Å². The smallest absolute Gasteiger partial charge is 0.224 e. The lowest BCUT2D eigenvalue weighted by molar-refractivity contribution is 0.362. The predicted molar refractivity (Wildman–Crippen MR) is 56.0 cm³/mol. The summed E-state index contributed by atoms with van der Waals surface area (Å²) in [6, 6.07) is 0.996. The Morgan fingerprint density at radius 3 is 2.56 bits per heavy atom. The average molecular weight is 265 g/mol. The lowest BCUT2D eigenvalue weighted by Crippen LogP contribution is -1.97. The van der Waals surface area contributed by atoms with E-state index in [9.17, 15) is 8.78 Å². The molecular weight excluding hydrogens is 261 g/mol. The first-order valence-electron chi connectivity index (χ1n) is 4.09. The molecular formula is C9H4Cl2F2N2O. The molecule has 16 heavy (non-hydrogen) atoms. The number of rotatable bonds is 1. The van der Waals surface area contributed by atoms with Crippen LogP contribution in [-0.2, 0) is 0 Å². The second kappa shape index (κ2) is 3.99. The van der Waals surface area contributed by atoms with Gasteiger partial charge in [-0.3, -0.25) is 0 Å². The quantitative estimate of drug-likeness (QED) is 0.586. The number of ether oxygens (including phenoxy) is 1. The largest absolute Gasteiger partial charge is 0.491 e. The number of fused-ring (bicyclic) bond motifs is 1. The Labute approximate surface area is 99.0 Å². The van der Waals surface area contributed by atoms with Gasteiger partial charge in [-0.2, -0.15) is 0 Å². The van der Waals surface area contributed by atoms with Crippen LogP contribution >= 0.6 is 23.2 Å². The van der Waals surface area contributed by atoms with Gasteiger partial charge in [0, 0.05) is 5.39 Å². The zero-order chi connectivity index (χ0) is 11.9. The molecule has 3 nitrogen and oxygen atoms in total. The third-order valence-corrected chi connectivity index (χ3v) is 2.43. The Balaban J connectivity index is 2.93. The Kier molecular flexibility index (Phi) is 2.82. The fraction of sp³-hybridized carbons (Fsp3) is 0.111. The van der Waals surface area contributed by atoms with Crippen molar-refractivity contribution < 1.29 is 13.5 Å². The molecule has 0 radical (unpaired) electrons. The van der Waals surface area contributed by atoms with Crippen molar-refractivity contribution in [2.45, 2.75) is 0 Å². The number of hydrogen-bond donors (Lipinski definition) is 0. The minimum absolute atomic E-state index is 0.0434. The van der Waals surface area contributed by atoms with Gasteiger partial charge in [-0.15, -0.1) is 0 Å². The van der Waals surface area contributed by atoms with Crippen molar-refractivity contribution in [3.05, 3.63) is 28.1 Å². The van der Waals surface area contributed by atoms with Crippen LogP contribution in [0.2, 0.25) is 10.4 Å². The lowest BCUT2D eigenvalue weighted by Gasteiger charge is -2.07. The van der Waals surface area contributed by atoms with Gasteiger partial charge in [-0.1, -0.05) is 11.6 Å². The molecule has 7 heteroatoms. The van der Waals surface area contributed by atoms with E-state index in [1.165, 1.54) is 0 Å². The van der Waals surface area contributed by atoms with Gasteiger partial charge in [0.15, 0.2) is 17.4 Å². The molecule has 0 unspecified atom stereocenters. The van der Waals surface area contributed by atoms with Crippen LogP contribution in [0, 0.1) is 11.6 Å². The molecule has 1 aromatic heterocycles. The first-order chi connectivity index (χ1) is 7.54. The second-order valence-corrected chi connectivity index (χ2v) is 3.58. The molecule has 0 saturated heterocycles. The van der Waals surface area contributed by atoms with Crippen molar-refractivity contribution in [3.8, 4) is 5.75 Å². The van der Waals surface area contributed by atoms with Crippen molar-refractivity contribution >= 4 is 34.1 Å². The van der Waals surface area contributed by atoms with E-state index in [-0.39, 0.29) is 21.3 Å². The summed E-state index contributed by atoms with van der Waals surface area (Å²) in [5.41, 5.74) is -0.178. The molecule has 0 fully saturated rings. The molecule has 0 aliphatic rings. The number of nitrogens with zero attached hydrogens (tertiary/aromatic N) is 2. The molecule has 0 aliphatic heterocycles. The van der Waals surface area contributed by atoms with Crippen molar-refractivity contribution in [3.63, 3.8) is 0 Å². The van der Waals surface area contributed by atoms with Crippen molar-refractivity contribution in [2.75, 3.05) is 7.11 Å². The summed E-state index contributed by atoms with van der Waals surface area (Å²) in [6.07, 6.45) is 0. The van der Waals surface area contributed by atoms with Gasteiger partial charge in [-0.25, -0.2) is 18.7 Å². The Morgan fingerprint density at radius 1 is 1.25 bits per heavy atom. The van der Waals surface area contributed by atoms with E-state index in [0.717, 1.165) is 13.2 Å². The number of halogens is 4. The predicted octanol–water partition coefficient (Wildman–Crippen LogP) is 3.22. The van der Waals surface area contributed by atoms with Crippen LogP contribution in [0.4, 0.5) is 8.78 Å². The Morgan fingerprint density at radius 2 is 1.94 bits per heavy atom. The van der Waals surface area contributed by atoms with Gasteiger partial charge in [0.2, 0.25) is 5.28 Å². The highest BCUT2D eigenvalue weighted by molar-refractivity contribution is 6.35. The summed E-state index contributed by atoms with van der Waals surface area (Å²) in [5, 5.41) is -0.289. The highest BCUT2D eigenvalue weighted by atomic mass is 35.5. The molecule has 1 aromatic carbocycles. The zero-order valence-corrected chi connectivity index (χ0v) is 9.40. The second-order valence-electron chi connectivity index (χ2n) is 2.89. The zero-order valence-electron chi connectivity index (χ0n) is 7.89.